The average molecular weight is 393 g/mol. The maximum Gasteiger partial charge on any atom is 0.240 e. The Bertz CT molecular complexity index is 781. The van der Waals surface area contributed by atoms with E-state index < -0.39 is 10.0 Å². The van der Waals surface area contributed by atoms with E-state index in [-0.39, 0.29) is 17.3 Å². The molecule has 7 heteroatoms. The minimum absolute atomic E-state index is 0.0137. The first-order chi connectivity index (χ1) is 9.79. The highest BCUT2D eigenvalue weighted by atomic mass is 79.9. The first kappa shape index (κ1) is 16.4. The van der Waals surface area contributed by atoms with Gasteiger partial charge in [-0.15, -0.1) is 0 Å². The Labute approximate surface area is 136 Å². The fourth-order valence-electron chi connectivity index (χ4n) is 1.65. The van der Waals surface area contributed by atoms with Crippen LogP contribution >= 0.6 is 27.5 Å². The van der Waals surface area contributed by atoms with Crippen molar-refractivity contribution in [1.82, 2.24) is 4.72 Å². The zero-order chi connectivity index (χ0) is 15.6. The van der Waals surface area contributed by atoms with Gasteiger partial charge >= 0.3 is 0 Å². The van der Waals surface area contributed by atoms with Crippen LogP contribution in [0.25, 0.3) is 0 Å². The Balaban J connectivity index is 2.17. The quantitative estimate of drug-likeness (QED) is 0.854. The molecular weight excluding hydrogens is 381 g/mol. The van der Waals surface area contributed by atoms with Crippen molar-refractivity contribution in [1.29, 1.82) is 0 Å². The second kappa shape index (κ2) is 6.44. The number of benzene rings is 2. The van der Waals surface area contributed by atoms with E-state index in [1.54, 1.807) is 19.1 Å². The van der Waals surface area contributed by atoms with E-state index >= 15 is 0 Å². The predicted octanol–water partition coefficient (Wildman–Crippen LogP) is 4.03. The van der Waals surface area contributed by atoms with Crippen molar-refractivity contribution in [2.24, 2.45) is 0 Å². The lowest BCUT2D eigenvalue weighted by Crippen LogP contribution is -2.23. The van der Waals surface area contributed by atoms with E-state index in [0.717, 1.165) is 0 Å². The molecule has 0 fully saturated rings. The zero-order valence-electron chi connectivity index (χ0n) is 11.0. The molecule has 0 radical (unpaired) electrons. The van der Waals surface area contributed by atoms with Crippen LogP contribution in [0.3, 0.4) is 0 Å². The standard InChI is InChI=1S/C14H12BrClFNO2S/c1-9-2-3-10(6-14(9)17)8-18-21(19,20)11-4-5-13(16)12(15)7-11/h2-7,18H,8H2,1H3. The Morgan fingerprint density at radius 1 is 1.24 bits per heavy atom. The van der Waals surface area contributed by atoms with Crippen molar-refractivity contribution in [2.45, 2.75) is 18.4 Å². The van der Waals surface area contributed by atoms with Crippen molar-refractivity contribution in [3.63, 3.8) is 0 Å². The topological polar surface area (TPSA) is 46.2 Å². The van der Waals surface area contributed by atoms with E-state index in [2.05, 4.69) is 20.7 Å². The molecule has 0 saturated carbocycles. The van der Waals surface area contributed by atoms with E-state index in [1.165, 1.54) is 24.3 Å². The van der Waals surface area contributed by atoms with Gasteiger partial charge in [0, 0.05) is 11.0 Å². The monoisotopic (exact) mass is 391 g/mol. The number of halogens is 3. The van der Waals surface area contributed by atoms with Crippen LogP contribution in [0.1, 0.15) is 11.1 Å². The van der Waals surface area contributed by atoms with Gasteiger partial charge in [0.15, 0.2) is 0 Å². The SMILES string of the molecule is Cc1ccc(CNS(=O)(=O)c2ccc(Cl)c(Br)c2)cc1F. The van der Waals surface area contributed by atoms with Crippen LogP contribution < -0.4 is 4.72 Å². The second-order valence-electron chi connectivity index (χ2n) is 4.48. The van der Waals surface area contributed by atoms with Crippen molar-refractivity contribution >= 4 is 37.6 Å². The molecule has 0 saturated heterocycles. The lowest BCUT2D eigenvalue weighted by atomic mass is 10.1. The maximum absolute atomic E-state index is 13.4. The Morgan fingerprint density at radius 2 is 1.95 bits per heavy atom. The minimum Gasteiger partial charge on any atom is -0.207 e. The number of rotatable bonds is 4. The first-order valence-electron chi connectivity index (χ1n) is 5.99. The van der Waals surface area contributed by atoms with Gasteiger partial charge in [-0.3, -0.25) is 0 Å². The molecule has 0 spiro atoms. The van der Waals surface area contributed by atoms with Crippen molar-refractivity contribution in [3.8, 4) is 0 Å². The summed E-state index contributed by atoms with van der Waals surface area (Å²) in [4.78, 5) is 0.0892. The summed E-state index contributed by atoms with van der Waals surface area (Å²) < 4.78 is 40.6. The number of sulfonamides is 1. The molecule has 21 heavy (non-hydrogen) atoms. The van der Waals surface area contributed by atoms with Gasteiger partial charge in [-0.05, 0) is 58.2 Å². The summed E-state index contributed by atoms with van der Waals surface area (Å²) in [6.45, 7) is 1.66. The van der Waals surface area contributed by atoms with Crippen LogP contribution in [0.4, 0.5) is 4.39 Å². The summed E-state index contributed by atoms with van der Waals surface area (Å²) in [5.74, 6) is -0.360. The van der Waals surface area contributed by atoms with Gasteiger partial charge in [-0.2, -0.15) is 0 Å². The fourth-order valence-corrected chi connectivity index (χ4v) is 3.34. The lowest BCUT2D eigenvalue weighted by Gasteiger charge is -2.08. The van der Waals surface area contributed by atoms with Crippen LogP contribution in [-0.4, -0.2) is 8.42 Å². The van der Waals surface area contributed by atoms with E-state index in [4.69, 9.17) is 11.6 Å². The molecule has 0 bridgehead atoms. The first-order valence-corrected chi connectivity index (χ1v) is 8.65. The summed E-state index contributed by atoms with van der Waals surface area (Å²) in [6.07, 6.45) is 0. The molecule has 0 heterocycles. The number of hydrogen-bond acceptors (Lipinski definition) is 2. The van der Waals surface area contributed by atoms with Gasteiger partial charge in [0.05, 0.1) is 9.92 Å². The third kappa shape index (κ3) is 4.03. The summed E-state index contributed by atoms with van der Waals surface area (Å²) in [5, 5.41) is 0.426. The molecule has 0 aliphatic heterocycles. The molecule has 0 aliphatic carbocycles. The molecule has 1 N–H and O–H groups in total. The summed E-state index contributed by atoms with van der Waals surface area (Å²) in [5.41, 5.74) is 1.07. The van der Waals surface area contributed by atoms with Gasteiger partial charge in [-0.1, -0.05) is 23.7 Å². The van der Waals surface area contributed by atoms with Gasteiger partial charge in [-0.25, -0.2) is 17.5 Å². The van der Waals surface area contributed by atoms with Crippen LogP contribution in [-0.2, 0) is 16.6 Å². The molecule has 0 aliphatic rings. The highest BCUT2D eigenvalue weighted by Crippen LogP contribution is 2.25. The van der Waals surface area contributed by atoms with Crippen LogP contribution in [0.2, 0.25) is 5.02 Å². The minimum atomic E-state index is -3.68. The number of aryl methyl sites for hydroxylation is 1. The smallest absolute Gasteiger partial charge is 0.207 e. The fraction of sp³-hybridized carbons (Fsp3) is 0.143. The molecule has 2 aromatic rings. The van der Waals surface area contributed by atoms with Crippen molar-refractivity contribution in [3.05, 3.63) is 62.8 Å². The summed E-state index contributed by atoms with van der Waals surface area (Å²) in [7, 11) is -3.68. The van der Waals surface area contributed by atoms with E-state index in [1.807, 2.05) is 0 Å². The summed E-state index contributed by atoms with van der Waals surface area (Å²) >= 11 is 9.01. The van der Waals surface area contributed by atoms with Gasteiger partial charge in [0.25, 0.3) is 0 Å². The van der Waals surface area contributed by atoms with Crippen molar-refractivity contribution < 1.29 is 12.8 Å². The van der Waals surface area contributed by atoms with Gasteiger partial charge in [0.2, 0.25) is 10.0 Å². The van der Waals surface area contributed by atoms with Gasteiger partial charge < -0.3 is 0 Å². The molecule has 2 aromatic carbocycles. The molecule has 3 nitrogen and oxygen atoms in total. The number of hydrogen-bond donors (Lipinski definition) is 1. The third-order valence-electron chi connectivity index (χ3n) is 2.90. The highest BCUT2D eigenvalue weighted by molar-refractivity contribution is 9.10. The van der Waals surface area contributed by atoms with E-state index in [9.17, 15) is 12.8 Å². The second-order valence-corrected chi connectivity index (χ2v) is 7.51. The van der Waals surface area contributed by atoms with Crippen LogP contribution in [0.5, 0.6) is 0 Å². The normalized spacial score (nSPS) is 11.6. The average Bonchev–Trinajstić information content (AvgIpc) is 2.43. The highest BCUT2D eigenvalue weighted by Gasteiger charge is 2.15. The molecule has 0 amide bonds. The Hall–Kier alpha value is -0.950. The third-order valence-corrected chi connectivity index (χ3v) is 5.52. The number of nitrogens with one attached hydrogen (secondary N) is 1. The summed E-state index contributed by atoms with van der Waals surface area (Å²) in [6, 6.07) is 8.92. The Kier molecular flexibility index (Phi) is 5.03. The lowest BCUT2D eigenvalue weighted by molar-refractivity contribution is 0.580. The largest absolute Gasteiger partial charge is 0.240 e. The Morgan fingerprint density at radius 3 is 2.57 bits per heavy atom. The zero-order valence-corrected chi connectivity index (χ0v) is 14.2. The molecule has 2 rings (SSSR count). The molecular formula is C14H12BrClFNO2S. The van der Waals surface area contributed by atoms with Crippen LogP contribution in [0, 0.1) is 12.7 Å². The van der Waals surface area contributed by atoms with E-state index in [0.29, 0.717) is 20.6 Å². The van der Waals surface area contributed by atoms with Gasteiger partial charge in [0.1, 0.15) is 5.82 Å². The molecule has 0 aromatic heterocycles. The molecule has 0 atom stereocenters. The maximum atomic E-state index is 13.4. The molecule has 0 unspecified atom stereocenters. The van der Waals surface area contributed by atoms with Crippen molar-refractivity contribution in [2.75, 3.05) is 0 Å². The van der Waals surface area contributed by atoms with Crippen LogP contribution in [0.15, 0.2) is 45.8 Å². The predicted molar refractivity (Wildman–Crippen MR) is 84.3 cm³/mol. The molecule has 112 valence electrons.